The standard InChI is InChI=1S/C16H22N4O2S/c1-23(21,22)12-14-4-2-3-13(7-14)8-17-9-15-10-18-16-5-6-19-20(16)11-15/h2-7,15,17-18H,8-12H2,1H3/t15-/m1/s1. The summed E-state index contributed by atoms with van der Waals surface area (Å²) in [6.45, 7) is 3.48. The highest BCUT2D eigenvalue weighted by Gasteiger charge is 2.17. The van der Waals surface area contributed by atoms with E-state index >= 15 is 0 Å². The Balaban J connectivity index is 1.50. The second kappa shape index (κ2) is 6.72. The fraction of sp³-hybridized carbons (Fsp3) is 0.438. The zero-order chi connectivity index (χ0) is 16.3. The molecule has 23 heavy (non-hydrogen) atoms. The number of fused-ring (bicyclic) bond motifs is 1. The number of benzene rings is 1. The van der Waals surface area contributed by atoms with Crippen molar-refractivity contribution in [1.82, 2.24) is 15.1 Å². The second-order valence-electron chi connectivity index (χ2n) is 6.17. The van der Waals surface area contributed by atoms with Crippen LogP contribution in [0.5, 0.6) is 0 Å². The van der Waals surface area contributed by atoms with Gasteiger partial charge in [-0.3, -0.25) is 0 Å². The lowest BCUT2D eigenvalue weighted by Gasteiger charge is -2.25. The quantitative estimate of drug-likeness (QED) is 0.832. The first-order chi connectivity index (χ1) is 11.0. The topological polar surface area (TPSA) is 76.0 Å². The highest BCUT2D eigenvalue weighted by molar-refractivity contribution is 7.89. The molecule has 2 N–H and O–H groups in total. The molecule has 124 valence electrons. The number of nitrogens with one attached hydrogen (secondary N) is 2. The van der Waals surface area contributed by atoms with Crippen LogP contribution in [0.2, 0.25) is 0 Å². The summed E-state index contributed by atoms with van der Waals surface area (Å²) in [4.78, 5) is 0. The number of sulfone groups is 1. The summed E-state index contributed by atoms with van der Waals surface area (Å²) in [5.41, 5.74) is 1.95. The molecule has 1 aromatic heterocycles. The average molecular weight is 334 g/mol. The van der Waals surface area contributed by atoms with Crippen LogP contribution in [0.3, 0.4) is 0 Å². The van der Waals surface area contributed by atoms with Crippen LogP contribution in [0.25, 0.3) is 0 Å². The third kappa shape index (κ3) is 4.56. The molecule has 0 saturated carbocycles. The van der Waals surface area contributed by atoms with Crippen molar-refractivity contribution in [2.45, 2.75) is 18.8 Å². The molecule has 6 nitrogen and oxygen atoms in total. The fourth-order valence-corrected chi connectivity index (χ4v) is 3.66. The van der Waals surface area contributed by atoms with Gasteiger partial charge in [0.05, 0.1) is 11.9 Å². The minimum atomic E-state index is -2.99. The van der Waals surface area contributed by atoms with Gasteiger partial charge in [-0.1, -0.05) is 24.3 Å². The molecule has 0 saturated heterocycles. The average Bonchev–Trinajstić information content (AvgIpc) is 2.93. The molecule has 3 rings (SSSR count). The lowest BCUT2D eigenvalue weighted by molar-refractivity contribution is 0.391. The molecule has 1 aliphatic rings. The second-order valence-corrected chi connectivity index (χ2v) is 8.31. The highest BCUT2D eigenvalue weighted by Crippen LogP contribution is 2.16. The molecule has 0 fully saturated rings. The van der Waals surface area contributed by atoms with Crippen LogP contribution < -0.4 is 10.6 Å². The van der Waals surface area contributed by atoms with Crippen LogP contribution in [-0.4, -0.2) is 37.5 Å². The maximum atomic E-state index is 11.4. The van der Waals surface area contributed by atoms with Crippen LogP contribution in [0, 0.1) is 5.92 Å². The van der Waals surface area contributed by atoms with Crippen LogP contribution in [0.4, 0.5) is 5.82 Å². The van der Waals surface area contributed by atoms with Gasteiger partial charge >= 0.3 is 0 Å². The monoisotopic (exact) mass is 334 g/mol. The van der Waals surface area contributed by atoms with Crippen molar-refractivity contribution in [2.24, 2.45) is 5.92 Å². The van der Waals surface area contributed by atoms with E-state index in [9.17, 15) is 8.42 Å². The Kier molecular flexibility index (Phi) is 4.68. The predicted molar refractivity (Wildman–Crippen MR) is 90.9 cm³/mol. The zero-order valence-electron chi connectivity index (χ0n) is 13.2. The first-order valence-electron chi connectivity index (χ1n) is 7.71. The molecule has 0 aliphatic carbocycles. The van der Waals surface area contributed by atoms with Gasteiger partial charge in [-0.25, -0.2) is 13.1 Å². The van der Waals surface area contributed by atoms with E-state index in [4.69, 9.17) is 0 Å². The number of hydrogen-bond acceptors (Lipinski definition) is 5. The Morgan fingerprint density at radius 2 is 2.17 bits per heavy atom. The number of aromatic nitrogens is 2. The third-order valence-corrected chi connectivity index (χ3v) is 4.76. The molecule has 0 amide bonds. The minimum Gasteiger partial charge on any atom is -0.370 e. The predicted octanol–water partition coefficient (Wildman–Crippen LogP) is 1.26. The Morgan fingerprint density at radius 1 is 1.35 bits per heavy atom. The largest absolute Gasteiger partial charge is 0.370 e. The van der Waals surface area contributed by atoms with Gasteiger partial charge in [-0.2, -0.15) is 5.10 Å². The van der Waals surface area contributed by atoms with Crippen molar-refractivity contribution in [1.29, 1.82) is 0 Å². The lowest BCUT2D eigenvalue weighted by atomic mass is 10.1. The van der Waals surface area contributed by atoms with Crippen LogP contribution >= 0.6 is 0 Å². The summed E-state index contributed by atoms with van der Waals surface area (Å²) in [6.07, 6.45) is 3.07. The van der Waals surface area contributed by atoms with Gasteiger partial charge in [0.15, 0.2) is 9.84 Å². The highest BCUT2D eigenvalue weighted by atomic mass is 32.2. The molecule has 2 aromatic rings. The van der Waals surface area contributed by atoms with Gasteiger partial charge in [0.25, 0.3) is 0 Å². The molecule has 0 spiro atoms. The number of anilines is 1. The van der Waals surface area contributed by atoms with Gasteiger partial charge in [-0.15, -0.1) is 0 Å². The van der Waals surface area contributed by atoms with Crippen molar-refractivity contribution in [3.05, 3.63) is 47.7 Å². The normalized spacial score (nSPS) is 17.5. The number of hydrogen-bond donors (Lipinski definition) is 2. The first-order valence-corrected chi connectivity index (χ1v) is 9.77. The maximum Gasteiger partial charge on any atom is 0.151 e. The van der Waals surface area contributed by atoms with Crippen molar-refractivity contribution in [3.63, 3.8) is 0 Å². The summed E-state index contributed by atoms with van der Waals surface area (Å²) in [5.74, 6) is 1.66. The Bertz CT molecular complexity index is 770. The van der Waals surface area contributed by atoms with Gasteiger partial charge in [-0.05, 0) is 11.1 Å². The van der Waals surface area contributed by atoms with Crippen LogP contribution in [0.15, 0.2) is 36.5 Å². The molecule has 2 heterocycles. The number of rotatable bonds is 6. The molecule has 1 atom stereocenters. The van der Waals surface area contributed by atoms with Gasteiger partial charge in [0, 0.05) is 44.4 Å². The van der Waals surface area contributed by atoms with E-state index in [2.05, 4.69) is 15.7 Å². The molecular weight excluding hydrogens is 312 g/mol. The minimum absolute atomic E-state index is 0.0927. The SMILES string of the molecule is CS(=O)(=O)Cc1cccc(CNC[C@@H]2CNc3ccnn3C2)c1. The molecule has 1 aromatic carbocycles. The number of nitrogens with zero attached hydrogens (tertiary/aromatic N) is 2. The van der Waals surface area contributed by atoms with Gasteiger partial charge in [0.2, 0.25) is 0 Å². The van der Waals surface area contributed by atoms with Crippen molar-refractivity contribution in [3.8, 4) is 0 Å². The van der Waals surface area contributed by atoms with E-state index in [0.29, 0.717) is 5.92 Å². The Labute approximate surface area is 136 Å². The third-order valence-electron chi connectivity index (χ3n) is 3.90. The molecule has 0 radical (unpaired) electrons. The van der Waals surface area contributed by atoms with E-state index < -0.39 is 9.84 Å². The van der Waals surface area contributed by atoms with Crippen molar-refractivity contribution >= 4 is 15.7 Å². The summed E-state index contributed by atoms with van der Waals surface area (Å²) >= 11 is 0. The zero-order valence-corrected chi connectivity index (χ0v) is 14.0. The van der Waals surface area contributed by atoms with E-state index in [1.807, 2.05) is 41.2 Å². The van der Waals surface area contributed by atoms with Crippen molar-refractivity contribution in [2.75, 3.05) is 24.7 Å². The summed E-state index contributed by atoms with van der Waals surface area (Å²) in [7, 11) is -2.99. The molecule has 1 aliphatic heterocycles. The summed E-state index contributed by atoms with van der Waals surface area (Å²) in [5, 5.41) is 11.1. The van der Waals surface area contributed by atoms with E-state index in [0.717, 1.165) is 43.1 Å². The first kappa shape index (κ1) is 16.0. The Morgan fingerprint density at radius 3 is 3.00 bits per heavy atom. The lowest BCUT2D eigenvalue weighted by Crippen LogP contribution is -2.35. The van der Waals surface area contributed by atoms with Crippen molar-refractivity contribution < 1.29 is 8.42 Å². The molecule has 7 heteroatoms. The van der Waals surface area contributed by atoms with Gasteiger partial charge < -0.3 is 10.6 Å². The maximum absolute atomic E-state index is 11.4. The van der Waals surface area contributed by atoms with E-state index in [1.54, 1.807) is 0 Å². The fourth-order valence-electron chi connectivity index (χ4n) is 2.88. The van der Waals surface area contributed by atoms with Crippen LogP contribution in [0.1, 0.15) is 11.1 Å². The van der Waals surface area contributed by atoms with Gasteiger partial charge in [0.1, 0.15) is 5.82 Å². The van der Waals surface area contributed by atoms with E-state index in [1.165, 1.54) is 6.26 Å². The summed E-state index contributed by atoms with van der Waals surface area (Å²) < 4.78 is 24.7. The Hall–Kier alpha value is -1.86. The molecular formula is C16H22N4O2S. The summed E-state index contributed by atoms with van der Waals surface area (Å²) in [6, 6.07) is 9.73. The van der Waals surface area contributed by atoms with E-state index in [-0.39, 0.29) is 5.75 Å². The molecule has 0 unspecified atom stereocenters. The van der Waals surface area contributed by atoms with Crippen LogP contribution in [-0.2, 0) is 28.7 Å². The smallest absolute Gasteiger partial charge is 0.151 e. The molecule has 0 bridgehead atoms.